The van der Waals surface area contributed by atoms with Crippen molar-refractivity contribution >= 4 is 0 Å². The number of rotatable bonds is 2. The summed E-state index contributed by atoms with van der Waals surface area (Å²) >= 11 is 0. The van der Waals surface area contributed by atoms with Crippen molar-refractivity contribution in [3.8, 4) is 0 Å². The first-order valence-corrected chi connectivity index (χ1v) is 4.39. The number of hydrogen-bond acceptors (Lipinski definition) is 0. The second-order valence-electron chi connectivity index (χ2n) is 3.11. The van der Waals surface area contributed by atoms with Gasteiger partial charge in [0.25, 0.3) is 0 Å². The molecule has 1 atom stereocenters. The molecular formula is C10H17. The standard InChI is InChI=1S/C10H17/c1-2-7-10-8-5-3-4-6-9-10/h5,8,10H,1-4,6-7,9H2. The molecular weight excluding hydrogens is 120 g/mol. The van der Waals surface area contributed by atoms with E-state index < -0.39 is 0 Å². The van der Waals surface area contributed by atoms with Crippen LogP contribution in [0, 0.1) is 12.8 Å². The maximum absolute atomic E-state index is 3.88. The lowest BCUT2D eigenvalue weighted by atomic mass is 9.99. The molecule has 0 aliphatic heterocycles. The quantitative estimate of drug-likeness (QED) is 0.512. The highest BCUT2D eigenvalue weighted by molar-refractivity contribution is 4.90. The van der Waals surface area contributed by atoms with Crippen LogP contribution in [0.1, 0.15) is 38.5 Å². The zero-order chi connectivity index (χ0) is 7.23. The maximum Gasteiger partial charge on any atom is -0.0234 e. The minimum absolute atomic E-state index is 0.847. The van der Waals surface area contributed by atoms with E-state index in [-0.39, 0.29) is 0 Å². The Morgan fingerprint density at radius 1 is 1.40 bits per heavy atom. The van der Waals surface area contributed by atoms with Crippen LogP contribution >= 0.6 is 0 Å². The zero-order valence-corrected chi connectivity index (χ0v) is 6.68. The van der Waals surface area contributed by atoms with E-state index in [0.717, 1.165) is 12.3 Å². The van der Waals surface area contributed by atoms with E-state index >= 15 is 0 Å². The Labute approximate surface area is 64.3 Å². The van der Waals surface area contributed by atoms with E-state index in [0.29, 0.717) is 0 Å². The fourth-order valence-corrected chi connectivity index (χ4v) is 1.56. The van der Waals surface area contributed by atoms with Crippen molar-refractivity contribution in [1.29, 1.82) is 0 Å². The van der Waals surface area contributed by atoms with Gasteiger partial charge in [-0.25, -0.2) is 0 Å². The molecule has 0 fully saturated rings. The molecule has 57 valence electrons. The summed E-state index contributed by atoms with van der Waals surface area (Å²) in [6, 6.07) is 0. The lowest BCUT2D eigenvalue weighted by Crippen LogP contribution is -1.93. The predicted octanol–water partition coefficient (Wildman–Crippen LogP) is 3.35. The highest BCUT2D eigenvalue weighted by atomic mass is 14.1. The molecule has 0 nitrogen and oxygen atoms in total. The third kappa shape index (κ3) is 2.55. The SMILES string of the molecule is [CH2]CCC1C=CCCCC1. The van der Waals surface area contributed by atoms with Crippen molar-refractivity contribution < 1.29 is 0 Å². The zero-order valence-electron chi connectivity index (χ0n) is 6.68. The molecule has 1 radical (unpaired) electrons. The molecule has 0 N–H and O–H groups in total. The first kappa shape index (κ1) is 7.84. The van der Waals surface area contributed by atoms with E-state index in [1.807, 2.05) is 0 Å². The summed E-state index contributed by atoms with van der Waals surface area (Å²) in [5.41, 5.74) is 0. The maximum atomic E-state index is 3.88. The van der Waals surface area contributed by atoms with Crippen molar-refractivity contribution in [3.63, 3.8) is 0 Å². The van der Waals surface area contributed by atoms with E-state index in [1.54, 1.807) is 0 Å². The molecule has 1 aliphatic rings. The van der Waals surface area contributed by atoms with Crippen LogP contribution < -0.4 is 0 Å². The third-order valence-electron chi connectivity index (χ3n) is 2.18. The lowest BCUT2D eigenvalue weighted by molar-refractivity contribution is 0.529. The largest absolute Gasteiger partial charge is 0.0883 e. The van der Waals surface area contributed by atoms with Gasteiger partial charge < -0.3 is 0 Å². The molecule has 0 saturated heterocycles. The molecule has 0 heteroatoms. The van der Waals surface area contributed by atoms with E-state index in [2.05, 4.69) is 19.1 Å². The van der Waals surface area contributed by atoms with Gasteiger partial charge in [-0.3, -0.25) is 0 Å². The lowest BCUT2D eigenvalue weighted by Gasteiger charge is -2.07. The highest BCUT2D eigenvalue weighted by Crippen LogP contribution is 2.20. The monoisotopic (exact) mass is 137 g/mol. The summed E-state index contributed by atoms with van der Waals surface area (Å²) in [5.74, 6) is 0.847. The Morgan fingerprint density at radius 3 is 3.10 bits per heavy atom. The molecule has 1 unspecified atom stereocenters. The van der Waals surface area contributed by atoms with Gasteiger partial charge in [-0.1, -0.05) is 31.9 Å². The Bertz CT molecular complexity index is 103. The molecule has 0 aromatic rings. The summed E-state index contributed by atoms with van der Waals surface area (Å²) in [6.07, 6.45) is 12.6. The molecule has 1 rings (SSSR count). The Kier molecular flexibility index (Phi) is 3.56. The molecule has 1 aliphatic carbocycles. The van der Waals surface area contributed by atoms with Crippen LogP contribution in [0.4, 0.5) is 0 Å². The van der Waals surface area contributed by atoms with Gasteiger partial charge in [0.05, 0.1) is 0 Å². The minimum atomic E-state index is 0.847. The van der Waals surface area contributed by atoms with Crippen molar-refractivity contribution in [2.45, 2.75) is 38.5 Å². The van der Waals surface area contributed by atoms with Gasteiger partial charge in [0.1, 0.15) is 0 Å². The van der Waals surface area contributed by atoms with Gasteiger partial charge in [0.15, 0.2) is 0 Å². The van der Waals surface area contributed by atoms with Gasteiger partial charge in [-0.05, 0) is 31.6 Å². The molecule has 0 saturated carbocycles. The fraction of sp³-hybridized carbons (Fsp3) is 0.700. The molecule has 0 heterocycles. The van der Waals surface area contributed by atoms with Crippen LogP contribution in [0.5, 0.6) is 0 Å². The van der Waals surface area contributed by atoms with Gasteiger partial charge in [0.2, 0.25) is 0 Å². The van der Waals surface area contributed by atoms with E-state index in [1.165, 1.54) is 32.1 Å². The first-order chi connectivity index (χ1) is 4.93. The van der Waals surface area contributed by atoms with Crippen molar-refractivity contribution in [2.24, 2.45) is 5.92 Å². The van der Waals surface area contributed by atoms with Gasteiger partial charge in [-0.15, -0.1) is 0 Å². The van der Waals surface area contributed by atoms with E-state index in [9.17, 15) is 0 Å². The molecule has 0 bridgehead atoms. The number of hydrogen-bond donors (Lipinski definition) is 0. The molecule has 10 heavy (non-hydrogen) atoms. The molecule has 0 amide bonds. The normalized spacial score (nSPS) is 26.3. The molecule has 0 aromatic heterocycles. The van der Waals surface area contributed by atoms with Crippen molar-refractivity contribution in [3.05, 3.63) is 19.1 Å². The summed E-state index contributed by atoms with van der Waals surface area (Å²) in [4.78, 5) is 0. The van der Waals surface area contributed by atoms with Gasteiger partial charge in [-0.2, -0.15) is 0 Å². The average Bonchev–Trinajstić information content (AvgIpc) is 2.17. The van der Waals surface area contributed by atoms with Crippen molar-refractivity contribution in [2.75, 3.05) is 0 Å². The van der Waals surface area contributed by atoms with Crippen LogP contribution in [0.2, 0.25) is 0 Å². The highest BCUT2D eigenvalue weighted by Gasteiger charge is 2.04. The van der Waals surface area contributed by atoms with Crippen LogP contribution in [-0.2, 0) is 0 Å². The molecule has 0 aromatic carbocycles. The topological polar surface area (TPSA) is 0 Å². The molecule has 0 spiro atoms. The number of allylic oxidation sites excluding steroid dienone is 2. The smallest absolute Gasteiger partial charge is 0.0234 e. The van der Waals surface area contributed by atoms with Crippen LogP contribution in [0.25, 0.3) is 0 Å². The van der Waals surface area contributed by atoms with E-state index in [4.69, 9.17) is 0 Å². The van der Waals surface area contributed by atoms with Crippen LogP contribution in [0.3, 0.4) is 0 Å². The summed E-state index contributed by atoms with van der Waals surface area (Å²) in [6.45, 7) is 3.88. The minimum Gasteiger partial charge on any atom is -0.0883 e. The van der Waals surface area contributed by atoms with Crippen LogP contribution in [0.15, 0.2) is 12.2 Å². The van der Waals surface area contributed by atoms with Gasteiger partial charge in [0, 0.05) is 0 Å². The second-order valence-corrected chi connectivity index (χ2v) is 3.11. The third-order valence-corrected chi connectivity index (χ3v) is 2.18. The summed E-state index contributed by atoms with van der Waals surface area (Å²) < 4.78 is 0. The predicted molar refractivity (Wildman–Crippen MR) is 45.7 cm³/mol. The summed E-state index contributed by atoms with van der Waals surface area (Å²) in [7, 11) is 0. The van der Waals surface area contributed by atoms with Gasteiger partial charge >= 0.3 is 0 Å². The second kappa shape index (κ2) is 4.54. The summed E-state index contributed by atoms with van der Waals surface area (Å²) in [5, 5.41) is 0. The Morgan fingerprint density at radius 2 is 2.30 bits per heavy atom. The Hall–Kier alpha value is -0.260. The van der Waals surface area contributed by atoms with Crippen molar-refractivity contribution in [1.82, 2.24) is 0 Å². The fourth-order valence-electron chi connectivity index (χ4n) is 1.56. The first-order valence-electron chi connectivity index (χ1n) is 4.39. The average molecular weight is 137 g/mol. The Balaban J connectivity index is 2.27. The van der Waals surface area contributed by atoms with Crippen LogP contribution in [-0.4, -0.2) is 0 Å².